The third-order valence-electron chi connectivity index (χ3n) is 4.93. The summed E-state index contributed by atoms with van der Waals surface area (Å²) >= 11 is 7.39. The molecule has 0 aromatic heterocycles. The lowest BCUT2D eigenvalue weighted by Crippen LogP contribution is -2.28. The number of amides is 3. The first-order chi connectivity index (χ1) is 16.4. The summed E-state index contributed by atoms with van der Waals surface area (Å²) in [6.07, 6.45) is 0.289. The molecule has 3 aromatic rings. The molecule has 1 N–H and O–H groups in total. The maximum Gasteiger partial charge on any atom is 0.338 e. The van der Waals surface area contributed by atoms with E-state index in [1.54, 1.807) is 36.4 Å². The highest BCUT2D eigenvalue weighted by Crippen LogP contribution is 2.34. The van der Waals surface area contributed by atoms with Crippen LogP contribution in [0.3, 0.4) is 0 Å². The van der Waals surface area contributed by atoms with Crippen molar-refractivity contribution in [2.45, 2.75) is 22.6 Å². The first kappa shape index (κ1) is 23.5. The van der Waals surface area contributed by atoms with Crippen LogP contribution in [-0.2, 0) is 19.1 Å². The second-order valence-corrected chi connectivity index (χ2v) is 8.90. The first-order valence-corrected chi connectivity index (χ1v) is 11.6. The first-order valence-electron chi connectivity index (χ1n) is 10.4. The molecule has 3 amide bonds. The van der Waals surface area contributed by atoms with E-state index in [-0.39, 0.29) is 30.2 Å². The molecule has 1 saturated heterocycles. The van der Waals surface area contributed by atoms with Gasteiger partial charge in [-0.25, -0.2) is 4.79 Å². The Morgan fingerprint density at radius 2 is 1.65 bits per heavy atom. The van der Waals surface area contributed by atoms with Crippen LogP contribution in [0, 0.1) is 0 Å². The summed E-state index contributed by atoms with van der Waals surface area (Å²) in [7, 11) is 0. The molecule has 1 aliphatic heterocycles. The molecule has 4 rings (SSSR count). The van der Waals surface area contributed by atoms with Gasteiger partial charge in [0.1, 0.15) is 0 Å². The van der Waals surface area contributed by atoms with Crippen molar-refractivity contribution in [3.8, 4) is 0 Å². The second kappa shape index (κ2) is 10.5. The van der Waals surface area contributed by atoms with Crippen molar-refractivity contribution in [3.63, 3.8) is 0 Å². The highest BCUT2D eigenvalue weighted by molar-refractivity contribution is 7.99. The number of nitrogens with zero attached hydrogens (tertiary/aromatic N) is 1. The fourth-order valence-corrected chi connectivity index (χ4v) is 4.35. The minimum absolute atomic E-state index is 0.136. The van der Waals surface area contributed by atoms with Gasteiger partial charge in [0.15, 0.2) is 6.61 Å². The Morgan fingerprint density at radius 3 is 2.38 bits per heavy atom. The number of benzene rings is 3. The predicted molar refractivity (Wildman–Crippen MR) is 129 cm³/mol. The fraction of sp³-hybridized carbons (Fsp3) is 0.120. The van der Waals surface area contributed by atoms with Crippen LogP contribution in [0.4, 0.5) is 11.4 Å². The summed E-state index contributed by atoms with van der Waals surface area (Å²) in [5.41, 5.74) is 1.02. The fourth-order valence-electron chi connectivity index (χ4n) is 3.33. The summed E-state index contributed by atoms with van der Waals surface area (Å²) in [6.45, 7) is -0.495. The zero-order valence-corrected chi connectivity index (χ0v) is 19.4. The maximum absolute atomic E-state index is 12.5. The van der Waals surface area contributed by atoms with E-state index in [0.29, 0.717) is 16.4 Å². The highest BCUT2D eigenvalue weighted by Gasteiger charge is 2.30. The zero-order valence-electron chi connectivity index (χ0n) is 17.8. The highest BCUT2D eigenvalue weighted by atomic mass is 35.5. The van der Waals surface area contributed by atoms with E-state index in [1.165, 1.54) is 23.9 Å². The van der Waals surface area contributed by atoms with Crippen LogP contribution in [0.1, 0.15) is 23.2 Å². The minimum Gasteiger partial charge on any atom is -0.452 e. The van der Waals surface area contributed by atoms with Gasteiger partial charge >= 0.3 is 5.97 Å². The number of anilines is 2. The van der Waals surface area contributed by atoms with Gasteiger partial charge in [0.05, 0.1) is 16.9 Å². The number of carbonyl (C=O) groups excluding carboxylic acids is 4. The third-order valence-corrected chi connectivity index (χ3v) is 6.26. The quantitative estimate of drug-likeness (QED) is 0.369. The molecule has 1 heterocycles. The van der Waals surface area contributed by atoms with E-state index < -0.39 is 18.5 Å². The largest absolute Gasteiger partial charge is 0.452 e. The summed E-state index contributed by atoms with van der Waals surface area (Å²) in [5, 5.41) is 3.39. The number of esters is 1. The summed E-state index contributed by atoms with van der Waals surface area (Å²) in [6, 6.07) is 20.6. The number of ether oxygens (including phenoxy) is 1. The van der Waals surface area contributed by atoms with Gasteiger partial charge in [-0.05, 0) is 54.6 Å². The molecule has 3 aromatic carbocycles. The summed E-state index contributed by atoms with van der Waals surface area (Å²) < 4.78 is 5.14. The van der Waals surface area contributed by atoms with Crippen molar-refractivity contribution in [1.29, 1.82) is 0 Å². The Balaban J connectivity index is 1.37. The van der Waals surface area contributed by atoms with Crippen LogP contribution in [0.2, 0.25) is 5.02 Å². The molecule has 0 unspecified atom stereocenters. The molecule has 0 spiro atoms. The van der Waals surface area contributed by atoms with Gasteiger partial charge in [-0.3, -0.25) is 19.3 Å². The van der Waals surface area contributed by atoms with Crippen LogP contribution in [0.15, 0.2) is 82.6 Å². The van der Waals surface area contributed by atoms with E-state index >= 15 is 0 Å². The molecular weight excluding hydrogens is 476 g/mol. The number of imide groups is 1. The molecule has 9 heteroatoms. The lowest BCUT2D eigenvalue weighted by atomic mass is 10.2. The van der Waals surface area contributed by atoms with Gasteiger partial charge in [0, 0.05) is 27.7 Å². The smallest absolute Gasteiger partial charge is 0.338 e. The van der Waals surface area contributed by atoms with Crippen molar-refractivity contribution in [3.05, 3.63) is 83.4 Å². The van der Waals surface area contributed by atoms with Crippen LogP contribution < -0.4 is 10.2 Å². The van der Waals surface area contributed by atoms with Crippen LogP contribution in [0.25, 0.3) is 0 Å². The van der Waals surface area contributed by atoms with E-state index in [9.17, 15) is 19.2 Å². The van der Waals surface area contributed by atoms with Gasteiger partial charge in [0.25, 0.3) is 5.91 Å². The standard InChI is InChI=1S/C25H19ClN2O5S/c26-17-8-10-19(11-9-17)34-21-7-2-1-6-20(21)27-22(29)15-33-25(32)16-4-3-5-18(14-16)28-23(30)12-13-24(28)31/h1-11,14H,12-13,15H2,(H,27,29). The molecule has 1 aliphatic rings. The zero-order chi connectivity index (χ0) is 24.1. The average molecular weight is 495 g/mol. The van der Waals surface area contributed by atoms with Gasteiger partial charge < -0.3 is 10.1 Å². The molecule has 1 fully saturated rings. The average Bonchev–Trinajstić information content (AvgIpc) is 3.18. The predicted octanol–water partition coefficient (Wildman–Crippen LogP) is 4.94. The number of hydrogen-bond donors (Lipinski definition) is 1. The number of rotatable bonds is 7. The summed E-state index contributed by atoms with van der Waals surface area (Å²) in [5.74, 6) is -1.87. The number of carbonyl (C=O) groups is 4. The van der Waals surface area contributed by atoms with Crippen molar-refractivity contribution in [2.75, 3.05) is 16.8 Å². The van der Waals surface area contributed by atoms with E-state index in [4.69, 9.17) is 16.3 Å². The van der Waals surface area contributed by atoms with E-state index in [1.807, 2.05) is 24.3 Å². The number of hydrogen-bond acceptors (Lipinski definition) is 6. The van der Waals surface area contributed by atoms with Gasteiger partial charge in [-0.1, -0.05) is 41.6 Å². The Labute approximate surface area is 205 Å². The van der Waals surface area contributed by atoms with Crippen molar-refractivity contribution < 1.29 is 23.9 Å². The van der Waals surface area contributed by atoms with Crippen molar-refractivity contribution in [1.82, 2.24) is 0 Å². The van der Waals surface area contributed by atoms with Crippen LogP contribution in [0.5, 0.6) is 0 Å². The van der Waals surface area contributed by atoms with Gasteiger partial charge in [0.2, 0.25) is 11.8 Å². The molecule has 34 heavy (non-hydrogen) atoms. The monoisotopic (exact) mass is 494 g/mol. The lowest BCUT2D eigenvalue weighted by molar-refractivity contribution is -0.121. The molecular formula is C25H19ClN2O5S. The SMILES string of the molecule is O=C(COC(=O)c1cccc(N2C(=O)CCC2=O)c1)Nc1ccccc1Sc1ccc(Cl)cc1. The van der Waals surface area contributed by atoms with Crippen molar-refractivity contribution >= 4 is 58.4 Å². The number of para-hydroxylation sites is 1. The number of nitrogens with one attached hydrogen (secondary N) is 1. The normalized spacial score (nSPS) is 13.1. The second-order valence-electron chi connectivity index (χ2n) is 7.35. The Hall–Kier alpha value is -3.62. The van der Waals surface area contributed by atoms with Gasteiger partial charge in [-0.15, -0.1) is 0 Å². The maximum atomic E-state index is 12.5. The van der Waals surface area contributed by atoms with Gasteiger partial charge in [-0.2, -0.15) is 0 Å². The summed E-state index contributed by atoms with van der Waals surface area (Å²) in [4.78, 5) is 51.6. The molecule has 0 radical (unpaired) electrons. The molecule has 0 atom stereocenters. The van der Waals surface area contributed by atoms with Crippen LogP contribution >= 0.6 is 23.4 Å². The molecule has 7 nitrogen and oxygen atoms in total. The Kier molecular flexibility index (Phi) is 7.30. The van der Waals surface area contributed by atoms with Crippen LogP contribution in [-0.4, -0.2) is 30.3 Å². The van der Waals surface area contributed by atoms with E-state index in [2.05, 4.69) is 5.32 Å². The lowest BCUT2D eigenvalue weighted by Gasteiger charge is -2.14. The van der Waals surface area contributed by atoms with Crippen molar-refractivity contribution in [2.24, 2.45) is 0 Å². The molecule has 0 aliphatic carbocycles. The topological polar surface area (TPSA) is 92.8 Å². The minimum atomic E-state index is -0.736. The number of halogens is 1. The molecule has 0 bridgehead atoms. The Bertz CT molecular complexity index is 1250. The molecule has 172 valence electrons. The Morgan fingerprint density at radius 1 is 0.941 bits per heavy atom. The molecule has 0 saturated carbocycles. The van der Waals surface area contributed by atoms with E-state index in [0.717, 1.165) is 14.7 Å². The third kappa shape index (κ3) is 5.65.